The van der Waals surface area contributed by atoms with Crippen molar-refractivity contribution >= 4 is 0 Å². The number of hydrogen-bond donors (Lipinski definition) is 0. The highest BCUT2D eigenvalue weighted by atomic mass is 14.8. The summed E-state index contributed by atoms with van der Waals surface area (Å²) in [6.07, 6.45) is 11.2. The molecular formula is C15H22. The second kappa shape index (κ2) is 2.46. The van der Waals surface area contributed by atoms with Gasteiger partial charge in [0.1, 0.15) is 0 Å². The quantitative estimate of drug-likeness (QED) is 0.608. The van der Waals surface area contributed by atoms with Crippen LogP contribution >= 0.6 is 0 Å². The molecule has 7 unspecified atom stereocenters. The summed E-state index contributed by atoms with van der Waals surface area (Å²) in [5.74, 6) is 9.96. The zero-order valence-electron chi connectivity index (χ0n) is 9.57. The molecule has 0 aromatic carbocycles. The zero-order valence-corrected chi connectivity index (χ0v) is 9.57. The van der Waals surface area contributed by atoms with Gasteiger partial charge in [-0.25, -0.2) is 0 Å². The fourth-order valence-electron chi connectivity index (χ4n) is 6.87. The van der Waals surface area contributed by atoms with E-state index >= 15 is 0 Å². The van der Waals surface area contributed by atoms with Crippen molar-refractivity contribution in [2.24, 2.45) is 47.3 Å². The molecule has 0 spiro atoms. The molecule has 0 heterocycles. The number of rotatable bonds is 1. The molecule has 15 heavy (non-hydrogen) atoms. The first-order valence-corrected chi connectivity index (χ1v) is 7.45. The molecule has 0 aromatic rings. The zero-order chi connectivity index (χ0) is 9.57. The Bertz CT molecular complexity index is 301. The van der Waals surface area contributed by atoms with Crippen LogP contribution in [0.1, 0.15) is 44.9 Å². The normalized spacial score (nSPS) is 65.2. The van der Waals surface area contributed by atoms with E-state index in [0.29, 0.717) is 0 Å². The molecule has 0 saturated heterocycles. The third kappa shape index (κ3) is 0.806. The highest BCUT2D eigenvalue weighted by Gasteiger charge is 2.77. The topological polar surface area (TPSA) is 0 Å². The van der Waals surface area contributed by atoms with Crippen LogP contribution in [0.2, 0.25) is 0 Å². The van der Waals surface area contributed by atoms with Crippen molar-refractivity contribution in [1.82, 2.24) is 0 Å². The smallest absolute Gasteiger partial charge is 0.0315 e. The van der Waals surface area contributed by atoms with Crippen LogP contribution in [0.25, 0.3) is 0 Å². The Morgan fingerprint density at radius 3 is 1.87 bits per heavy atom. The molecule has 6 aliphatic carbocycles. The van der Waals surface area contributed by atoms with E-state index in [1.807, 2.05) is 0 Å². The van der Waals surface area contributed by atoms with Crippen LogP contribution in [-0.2, 0) is 0 Å². The van der Waals surface area contributed by atoms with E-state index in [4.69, 9.17) is 0 Å². The Morgan fingerprint density at radius 2 is 1.20 bits per heavy atom. The molecule has 6 rings (SSSR count). The summed E-state index contributed by atoms with van der Waals surface area (Å²) in [4.78, 5) is 0. The summed E-state index contributed by atoms with van der Waals surface area (Å²) < 4.78 is 0. The molecule has 0 aromatic heterocycles. The van der Waals surface area contributed by atoms with Gasteiger partial charge >= 0.3 is 0 Å². The minimum absolute atomic E-state index is 1.18. The average Bonchev–Trinajstić information content (AvgIpc) is 2.68. The Labute approximate surface area is 92.8 Å². The number of hydrogen-bond acceptors (Lipinski definition) is 0. The lowest BCUT2D eigenvalue weighted by Crippen LogP contribution is -2.24. The third-order valence-electron chi connectivity index (χ3n) is 7.11. The van der Waals surface area contributed by atoms with Gasteiger partial charge in [-0.3, -0.25) is 0 Å². The minimum atomic E-state index is 1.18. The van der Waals surface area contributed by atoms with Crippen LogP contribution in [0.4, 0.5) is 0 Å². The van der Waals surface area contributed by atoms with E-state index in [1.54, 1.807) is 38.5 Å². The van der Waals surface area contributed by atoms with E-state index in [1.165, 1.54) is 53.8 Å². The highest BCUT2D eigenvalue weighted by molar-refractivity contribution is 5.25. The Balaban J connectivity index is 1.44. The Kier molecular flexibility index (Phi) is 1.34. The average molecular weight is 202 g/mol. The molecule has 0 nitrogen and oxygen atoms in total. The largest absolute Gasteiger partial charge is 0.0533 e. The summed E-state index contributed by atoms with van der Waals surface area (Å²) in [5.41, 5.74) is 0. The molecule has 6 aliphatic rings. The SMILES string of the molecule is C1CCC(C2CC3C4CC5C3C5C24)CC1. The van der Waals surface area contributed by atoms with Crippen molar-refractivity contribution in [2.75, 3.05) is 0 Å². The lowest BCUT2D eigenvalue weighted by Gasteiger charge is -2.33. The highest BCUT2D eigenvalue weighted by Crippen LogP contribution is 2.82. The van der Waals surface area contributed by atoms with Crippen LogP contribution < -0.4 is 0 Å². The van der Waals surface area contributed by atoms with Gasteiger partial charge in [0.2, 0.25) is 0 Å². The van der Waals surface area contributed by atoms with Gasteiger partial charge in [0.25, 0.3) is 0 Å². The van der Waals surface area contributed by atoms with Gasteiger partial charge in [-0.2, -0.15) is 0 Å². The van der Waals surface area contributed by atoms with Gasteiger partial charge in [0.05, 0.1) is 0 Å². The molecule has 0 radical (unpaired) electrons. The van der Waals surface area contributed by atoms with Crippen molar-refractivity contribution in [3.8, 4) is 0 Å². The maximum atomic E-state index is 1.68. The van der Waals surface area contributed by atoms with Crippen molar-refractivity contribution < 1.29 is 0 Å². The van der Waals surface area contributed by atoms with Gasteiger partial charge < -0.3 is 0 Å². The standard InChI is InChI=1S/C15H22/c1-2-4-8(5-3-1)9-6-10-11-7-12-14(10)15(12)13(9)11/h8-15H,1-7H2. The van der Waals surface area contributed by atoms with Crippen LogP contribution in [0.15, 0.2) is 0 Å². The lowest BCUT2D eigenvalue weighted by molar-refractivity contribution is 0.168. The lowest BCUT2D eigenvalue weighted by atomic mass is 9.72. The summed E-state index contributed by atoms with van der Waals surface area (Å²) in [5, 5.41) is 0. The monoisotopic (exact) mass is 202 g/mol. The van der Waals surface area contributed by atoms with Gasteiger partial charge in [-0.1, -0.05) is 32.1 Å². The van der Waals surface area contributed by atoms with E-state index in [2.05, 4.69) is 0 Å². The van der Waals surface area contributed by atoms with Crippen LogP contribution in [0.3, 0.4) is 0 Å². The Hall–Kier alpha value is 0. The van der Waals surface area contributed by atoms with E-state index < -0.39 is 0 Å². The molecule has 0 heteroatoms. The Morgan fingerprint density at radius 1 is 0.533 bits per heavy atom. The molecule has 0 amide bonds. The van der Waals surface area contributed by atoms with Crippen molar-refractivity contribution in [3.05, 3.63) is 0 Å². The maximum Gasteiger partial charge on any atom is -0.0315 e. The van der Waals surface area contributed by atoms with Crippen molar-refractivity contribution in [3.63, 3.8) is 0 Å². The summed E-state index contributed by atoms with van der Waals surface area (Å²) in [7, 11) is 0. The predicted octanol–water partition coefficient (Wildman–Crippen LogP) is 3.71. The molecular weight excluding hydrogens is 180 g/mol. The van der Waals surface area contributed by atoms with E-state index in [0.717, 1.165) is 0 Å². The molecule has 0 N–H and O–H groups in total. The second-order valence-corrected chi connectivity index (χ2v) is 7.26. The second-order valence-electron chi connectivity index (χ2n) is 7.26. The first-order valence-electron chi connectivity index (χ1n) is 7.45. The van der Waals surface area contributed by atoms with Crippen LogP contribution in [0.5, 0.6) is 0 Å². The van der Waals surface area contributed by atoms with Crippen molar-refractivity contribution in [1.29, 1.82) is 0 Å². The first kappa shape index (κ1) is 8.14. The fraction of sp³-hybridized carbons (Fsp3) is 1.00. The minimum Gasteiger partial charge on any atom is -0.0533 e. The third-order valence-corrected chi connectivity index (χ3v) is 7.11. The summed E-state index contributed by atoms with van der Waals surface area (Å²) in [6, 6.07) is 0. The molecule has 6 saturated carbocycles. The summed E-state index contributed by atoms with van der Waals surface area (Å²) in [6.45, 7) is 0. The molecule has 0 aliphatic heterocycles. The van der Waals surface area contributed by atoms with Gasteiger partial charge in [-0.05, 0) is 60.2 Å². The van der Waals surface area contributed by atoms with Crippen LogP contribution in [-0.4, -0.2) is 0 Å². The van der Waals surface area contributed by atoms with E-state index in [-0.39, 0.29) is 0 Å². The van der Waals surface area contributed by atoms with Crippen LogP contribution in [0, 0.1) is 47.3 Å². The van der Waals surface area contributed by atoms with Gasteiger partial charge in [0, 0.05) is 0 Å². The molecule has 6 fully saturated rings. The molecule has 6 bridgehead atoms. The summed E-state index contributed by atoms with van der Waals surface area (Å²) >= 11 is 0. The first-order chi connectivity index (χ1) is 7.45. The predicted molar refractivity (Wildman–Crippen MR) is 60.2 cm³/mol. The van der Waals surface area contributed by atoms with Gasteiger partial charge in [0.15, 0.2) is 0 Å². The maximum absolute atomic E-state index is 1.68. The molecule has 82 valence electrons. The van der Waals surface area contributed by atoms with Gasteiger partial charge in [-0.15, -0.1) is 0 Å². The van der Waals surface area contributed by atoms with E-state index in [9.17, 15) is 0 Å². The fourth-order valence-corrected chi connectivity index (χ4v) is 6.87. The molecule has 7 atom stereocenters. The van der Waals surface area contributed by atoms with Crippen molar-refractivity contribution in [2.45, 2.75) is 44.9 Å².